The summed E-state index contributed by atoms with van der Waals surface area (Å²) in [6, 6.07) is 5.35. The van der Waals surface area contributed by atoms with Crippen LogP contribution in [0.5, 0.6) is 0 Å². The maximum Gasteiger partial charge on any atom is 0.303 e. The highest BCUT2D eigenvalue weighted by molar-refractivity contribution is 7.89. The molecule has 0 heterocycles. The van der Waals surface area contributed by atoms with Gasteiger partial charge in [-0.3, -0.25) is 9.59 Å². The number of Topliss-reactive ketones (excluding diaryl/α,β-unsaturated/α-hetero) is 1. The lowest BCUT2D eigenvalue weighted by molar-refractivity contribution is -0.136. The van der Waals surface area contributed by atoms with Crippen molar-refractivity contribution in [3.63, 3.8) is 0 Å². The topological polar surface area (TPSA) is 101 Å². The molecule has 0 amide bonds. The number of hydrogen-bond acceptors (Lipinski definition) is 4. The van der Waals surface area contributed by atoms with Crippen LogP contribution in [0.15, 0.2) is 29.2 Å². The van der Waals surface area contributed by atoms with Crippen molar-refractivity contribution in [2.45, 2.75) is 17.7 Å². The lowest BCUT2D eigenvalue weighted by Gasteiger charge is -2.03. The molecule has 0 aliphatic rings. The number of rotatable bonds is 6. The van der Waals surface area contributed by atoms with Gasteiger partial charge in [-0.25, -0.2) is 13.1 Å². The Hall–Kier alpha value is -1.73. The molecule has 6 nitrogen and oxygen atoms in total. The van der Waals surface area contributed by atoms with Crippen molar-refractivity contribution >= 4 is 21.8 Å². The molecule has 0 radical (unpaired) electrons. The van der Waals surface area contributed by atoms with Gasteiger partial charge in [0.15, 0.2) is 5.78 Å². The zero-order chi connectivity index (χ0) is 13.8. The van der Waals surface area contributed by atoms with E-state index in [4.69, 9.17) is 5.11 Å². The Bertz CT molecular complexity index is 547. The van der Waals surface area contributed by atoms with Crippen molar-refractivity contribution < 1.29 is 23.1 Å². The number of carbonyl (C=O) groups is 2. The largest absolute Gasteiger partial charge is 0.481 e. The van der Waals surface area contributed by atoms with Crippen molar-refractivity contribution in [1.29, 1.82) is 0 Å². The van der Waals surface area contributed by atoms with Crippen molar-refractivity contribution in [3.8, 4) is 0 Å². The smallest absolute Gasteiger partial charge is 0.303 e. The Morgan fingerprint density at radius 2 is 1.72 bits per heavy atom. The molecule has 1 aromatic rings. The minimum Gasteiger partial charge on any atom is -0.481 e. The first kappa shape index (κ1) is 14.3. The number of benzene rings is 1. The third-order valence-electron chi connectivity index (χ3n) is 2.32. The SMILES string of the molecule is CNS(=O)(=O)c1ccc(C(=O)CCC(=O)O)cc1. The van der Waals surface area contributed by atoms with Crippen LogP contribution in [0.25, 0.3) is 0 Å². The highest BCUT2D eigenvalue weighted by atomic mass is 32.2. The number of carboxylic acid groups (broad SMARTS) is 1. The van der Waals surface area contributed by atoms with Gasteiger partial charge in [-0.05, 0) is 19.2 Å². The molecule has 0 bridgehead atoms. The van der Waals surface area contributed by atoms with Gasteiger partial charge >= 0.3 is 5.97 Å². The van der Waals surface area contributed by atoms with E-state index in [9.17, 15) is 18.0 Å². The number of nitrogens with one attached hydrogen (secondary N) is 1. The molecule has 0 fully saturated rings. The van der Waals surface area contributed by atoms with Gasteiger partial charge in [0.05, 0.1) is 11.3 Å². The van der Waals surface area contributed by atoms with Gasteiger partial charge < -0.3 is 5.11 Å². The van der Waals surface area contributed by atoms with Gasteiger partial charge in [-0.2, -0.15) is 0 Å². The Morgan fingerprint density at radius 1 is 1.17 bits per heavy atom. The van der Waals surface area contributed by atoms with E-state index in [0.717, 1.165) is 0 Å². The van der Waals surface area contributed by atoms with Crippen LogP contribution in [-0.2, 0) is 14.8 Å². The van der Waals surface area contributed by atoms with Crippen LogP contribution in [0.4, 0.5) is 0 Å². The van der Waals surface area contributed by atoms with Gasteiger partial charge in [0.2, 0.25) is 10.0 Å². The molecule has 0 aliphatic heterocycles. The first-order valence-electron chi connectivity index (χ1n) is 5.15. The molecule has 2 N–H and O–H groups in total. The normalized spacial score (nSPS) is 11.2. The molecule has 0 saturated heterocycles. The fourth-order valence-corrected chi connectivity index (χ4v) is 2.03. The highest BCUT2D eigenvalue weighted by Crippen LogP contribution is 2.12. The summed E-state index contributed by atoms with van der Waals surface area (Å²) in [5, 5.41) is 8.45. The summed E-state index contributed by atoms with van der Waals surface area (Å²) in [7, 11) is -2.23. The summed E-state index contributed by atoms with van der Waals surface area (Å²) < 4.78 is 25.0. The molecule has 1 rings (SSSR count). The van der Waals surface area contributed by atoms with Crippen LogP contribution in [0.2, 0.25) is 0 Å². The monoisotopic (exact) mass is 271 g/mol. The lowest BCUT2D eigenvalue weighted by atomic mass is 10.1. The average molecular weight is 271 g/mol. The first-order chi connectivity index (χ1) is 8.36. The van der Waals surface area contributed by atoms with E-state index < -0.39 is 16.0 Å². The third kappa shape index (κ3) is 3.64. The molecule has 0 aromatic heterocycles. The minimum atomic E-state index is -3.52. The molecular formula is C11H13NO5S. The van der Waals surface area contributed by atoms with Crippen LogP contribution < -0.4 is 4.72 Å². The lowest BCUT2D eigenvalue weighted by Crippen LogP contribution is -2.18. The molecule has 18 heavy (non-hydrogen) atoms. The second-order valence-electron chi connectivity index (χ2n) is 3.55. The van der Waals surface area contributed by atoms with Crippen molar-refractivity contribution in [1.82, 2.24) is 4.72 Å². The van der Waals surface area contributed by atoms with E-state index in [2.05, 4.69) is 4.72 Å². The number of aliphatic carboxylic acids is 1. The standard InChI is InChI=1S/C11H13NO5S/c1-12-18(16,17)9-4-2-8(3-5-9)10(13)6-7-11(14)15/h2-5,12H,6-7H2,1H3,(H,14,15). The number of hydrogen-bond donors (Lipinski definition) is 2. The molecule has 98 valence electrons. The van der Waals surface area contributed by atoms with Crippen LogP contribution >= 0.6 is 0 Å². The summed E-state index contributed by atoms with van der Waals surface area (Å²) in [5.41, 5.74) is 0.298. The van der Waals surface area contributed by atoms with Gasteiger partial charge in [0.25, 0.3) is 0 Å². The van der Waals surface area contributed by atoms with Crippen LogP contribution in [-0.4, -0.2) is 32.3 Å². The third-order valence-corrected chi connectivity index (χ3v) is 3.75. The molecular weight excluding hydrogens is 258 g/mol. The number of sulfonamides is 1. The number of ketones is 1. The summed E-state index contributed by atoms with van der Waals surface area (Å²) >= 11 is 0. The second kappa shape index (κ2) is 5.74. The maximum absolute atomic E-state index is 11.6. The molecule has 0 atom stereocenters. The maximum atomic E-state index is 11.6. The van der Waals surface area contributed by atoms with E-state index in [1.807, 2.05) is 0 Å². The fraction of sp³-hybridized carbons (Fsp3) is 0.273. The zero-order valence-corrected chi connectivity index (χ0v) is 10.5. The summed E-state index contributed by atoms with van der Waals surface area (Å²) in [6.07, 6.45) is -0.344. The predicted octanol–water partition coefficient (Wildman–Crippen LogP) is 0.642. The van der Waals surface area contributed by atoms with Crippen LogP contribution in [0.3, 0.4) is 0 Å². The van der Waals surface area contributed by atoms with Gasteiger partial charge in [-0.15, -0.1) is 0 Å². The quantitative estimate of drug-likeness (QED) is 0.739. The molecule has 0 unspecified atom stereocenters. The van der Waals surface area contributed by atoms with E-state index in [1.165, 1.54) is 31.3 Å². The van der Waals surface area contributed by atoms with Crippen molar-refractivity contribution in [2.24, 2.45) is 0 Å². The summed E-state index contributed by atoms with van der Waals surface area (Å²) in [4.78, 5) is 21.9. The Kier molecular flexibility index (Phi) is 4.57. The molecule has 0 aliphatic carbocycles. The van der Waals surface area contributed by atoms with Crippen LogP contribution in [0.1, 0.15) is 23.2 Å². The van der Waals surface area contributed by atoms with Crippen LogP contribution in [0, 0.1) is 0 Å². The molecule has 7 heteroatoms. The first-order valence-corrected chi connectivity index (χ1v) is 6.64. The summed E-state index contributed by atoms with van der Waals surface area (Å²) in [6.45, 7) is 0. The van der Waals surface area contributed by atoms with Crippen molar-refractivity contribution in [2.75, 3.05) is 7.05 Å². The van der Waals surface area contributed by atoms with E-state index in [-0.39, 0.29) is 23.5 Å². The second-order valence-corrected chi connectivity index (χ2v) is 5.44. The number of carbonyl (C=O) groups excluding carboxylic acids is 1. The van der Waals surface area contributed by atoms with E-state index in [0.29, 0.717) is 5.56 Å². The molecule has 0 saturated carbocycles. The Morgan fingerprint density at radius 3 is 2.17 bits per heavy atom. The van der Waals surface area contributed by atoms with E-state index in [1.54, 1.807) is 0 Å². The Labute approximate surface area is 105 Å². The average Bonchev–Trinajstić information content (AvgIpc) is 2.36. The van der Waals surface area contributed by atoms with Crippen molar-refractivity contribution in [3.05, 3.63) is 29.8 Å². The van der Waals surface area contributed by atoms with Gasteiger partial charge in [-0.1, -0.05) is 12.1 Å². The fourth-order valence-electron chi connectivity index (χ4n) is 1.30. The Balaban J connectivity index is 2.83. The van der Waals surface area contributed by atoms with Gasteiger partial charge in [0.1, 0.15) is 0 Å². The number of carboxylic acids is 1. The van der Waals surface area contributed by atoms with Gasteiger partial charge in [0, 0.05) is 12.0 Å². The highest BCUT2D eigenvalue weighted by Gasteiger charge is 2.13. The zero-order valence-electron chi connectivity index (χ0n) is 9.71. The summed E-state index contributed by atoms with van der Waals surface area (Å²) in [5.74, 6) is -1.37. The molecule has 1 aromatic carbocycles. The molecule has 0 spiro atoms. The predicted molar refractivity (Wildman–Crippen MR) is 63.9 cm³/mol. The van der Waals surface area contributed by atoms with E-state index >= 15 is 0 Å². The minimum absolute atomic E-state index is 0.0554.